The molecule has 0 aliphatic heterocycles. The van der Waals surface area contributed by atoms with Crippen LogP contribution in [0.25, 0.3) is 0 Å². The maximum Gasteiger partial charge on any atom is 0.305 e. The summed E-state index contributed by atoms with van der Waals surface area (Å²) < 4.78 is 40.8. The molecule has 23 nitrogen and oxygen atoms in total. The number of methoxy groups -OCH3 is 3. The lowest BCUT2D eigenvalue weighted by atomic mass is 10.1. The van der Waals surface area contributed by atoms with Gasteiger partial charge in [0.2, 0.25) is 5.91 Å². The van der Waals surface area contributed by atoms with Crippen LogP contribution in [0.2, 0.25) is 0 Å². The summed E-state index contributed by atoms with van der Waals surface area (Å²) in [6, 6.07) is 3.05. The number of hydrogen-bond donors (Lipinski definition) is 7. The summed E-state index contributed by atoms with van der Waals surface area (Å²) in [6.45, 7) is 14.3. The van der Waals surface area contributed by atoms with Crippen molar-refractivity contribution in [3.63, 3.8) is 0 Å². The molecular weight excluding hydrogens is 977 g/mol. The molecule has 1 rings (SSSR count). The molecule has 0 aliphatic rings. The molecule has 1 aromatic heterocycles. The SMILES string of the molecule is C=C(CCCC(=O)OCC(OC)OC(CC)CO)NCCCNC(=O)CCC(C)(C)SSc1ccc([N+](=O)[O-])cn1.CCC(CO)OC(CO)OC.CCC(CO)OC(COC(=O)CCCC(=O)O)OC. The summed E-state index contributed by atoms with van der Waals surface area (Å²) in [4.78, 5) is 60.1. The van der Waals surface area contributed by atoms with Crippen LogP contribution < -0.4 is 10.6 Å². The van der Waals surface area contributed by atoms with Crippen LogP contribution in [-0.2, 0) is 57.1 Å². The fraction of sp³-hybridized carbons (Fsp3) is 0.761. The van der Waals surface area contributed by atoms with Crippen molar-refractivity contribution in [3.05, 3.63) is 40.7 Å². The van der Waals surface area contributed by atoms with Gasteiger partial charge < -0.3 is 74.1 Å². The van der Waals surface area contributed by atoms with Crippen LogP contribution in [0.15, 0.2) is 35.6 Å². The summed E-state index contributed by atoms with van der Waals surface area (Å²) in [6.07, 6.45) is 3.58. The number of carbonyl (C=O) groups is 4. The lowest BCUT2D eigenvalue weighted by Gasteiger charge is -2.22. The quantitative estimate of drug-likeness (QED) is 0.0117. The van der Waals surface area contributed by atoms with E-state index in [4.69, 9.17) is 58.3 Å². The smallest absolute Gasteiger partial charge is 0.305 e. The molecule has 0 spiro atoms. The zero-order valence-electron chi connectivity index (χ0n) is 42.7. The number of carboxylic acids is 1. The van der Waals surface area contributed by atoms with Crippen LogP contribution >= 0.6 is 21.6 Å². The van der Waals surface area contributed by atoms with Crippen LogP contribution in [0.4, 0.5) is 5.69 Å². The topological polar surface area (TPSA) is 323 Å². The number of nitrogens with zero attached hydrogens (tertiary/aromatic N) is 2. The van der Waals surface area contributed by atoms with Gasteiger partial charge in [-0.25, -0.2) is 4.98 Å². The Morgan fingerprint density at radius 3 is 1.61 bits per heavy atom. The highest BCUT2D eigenvalue weighted by Gasteiger charge is 2.22. The molecular formula is C46H82N4O19S2. The standard InChI is InChI=1S/C27H44N4O8S2.C12H22O7.C7H16O4/c1-6-22(18-32)39-26(37-5)19-38-25(34)10-7-9-20(2)28-15-8-16-29-23(33)13-14-27(3,4)41-40-24-12-11-21(17-30-24)31(35)36;1-3-9(7-13)19-12(17-2)8-18-11(16)6-4-5-10(14)15;1-3-6(4-8)11-7(5-9)10-2/h11-12,17,22,26,28,32H,2,6-10,13-16,18-19H2,1,3-5H3,(H,29,33);9,12-13H,3-8H2,1-2H3,(H,14,15);6-9H,3-5H2,1-2H3. The summed E-state index contributed by atoms with van der Waals surface area (Å²) >= 11 is 0. The Morgan fingerprint density at radius 1 is 0.718 bits per heavy atom. The van der Waals surface area contributed by atoms with Crippen molar-refractivity contribution >= 4 is 51.1 Å². The highest BCUT2D eigenvalue weighted by Crippen LogP contribution is 2.42. The van der Waals surface area contributed by atoms with Gasteiger partial charge in [-0.1, -0.05) is 38.1 Å². The highest BCUT2D eigenvalue weighted by atomic mass is 33.1. The van der Waals surface area contributed by atoms with E-state index in [1.807, 2.05) is 34.6 Å². The van der Waals surface area contributed by atoms with Crippen molar-refractivity contribution in [2.24, 2.45) is 0 Å². The largest absolute Gasteiger partial charge is 0.481 e. The van der Waals surface area contributed by atoms with E-state index in [0.29, 0.717) is 63.1 Å². The Morgan fingerprint density at radius 2 is 1.20 bits per heavy atom. The molecule has 0 fully saturated rings. The Hall–Kier alpha value is -3.73. The minimum Gasteiger partial charge on any atom is -0.481 e. The van der Waals surface area contributed by atoms with Crippen LogP contribution in [-0.4, -0.2) is 175 Å². The average molecular weight is 1060 g/mol. The van der Waals surface area contributed by atoms with E-state index in [2.05, 4.69) is 22.2 Å². The molecule has 7 N–H and O–H groups in total. The zero-order chi connectivity index (χ0) is 54.0. The second-order valence-electron chi connectivity index (χ2n) is 16.0. The lowest BCUT2D eigenvalue weighted by Crippen LogP contribution is -2.30. The molecule has 1 heterocycles. The molecule has 1 amide bonds. The minimum atomic E-state index is -0.945. The van der Waals surface area contributed by atoms with Gasteiger partial charge in [0.1, 0.15) is 24.4 Å². The maximum absolute atomic E-state index is 12.3. The summed E-state index contributed by atoms with van der Waals surface area (Å²) in [7, 11) is 7.32. The maximum atomic E-state index is 12.3. The minimum absolute atomic E-state index is 0.0165. The zero-order valence-corrected chi connectivity index (χ0v) is 44.3. The predicted molar refractivity (Wildman–Crippen MR) is 266 cm³/mol. The van der Waals surface area contributed by atoms with Crippen molar-refractivity contribution in [3.8, 4) is 0 Å². The predicted octanol–water partition coefficient (Wildman–Crippen LogP) is 4.66. The van der Waals surface area contributed by atoms with Crippen LogP contribution in [0.1, 0.15) is 112 Å². The third-order valence-electron chi connectivity index (χ3n) is 9.63. The molecule has 0 aliphatic carbocycles. The van der Waals surface area contributed by atoms with Gasteiger partial charge in [0, 0.05) is 76.6 Å². The molecule has 25 heteroatoms. The number of allylic oxidation sites excluding steroid dienone is 1. The number of aliphatic carboxylic acids is 1. The first-order chi connectivity index (χ1) is 33.8. The first-order valence-corrected chi connectivity index (χ1v) is 25.6. The van der Waals surface area contributed by atoms with Gasteiger partial charge in [-0.3, -0.25) is 29.3 Å². The Kier molecular flexibility index (Phi) is 42.8. The van der Waals surface area contributed by atoms with Gasteiger partial charge in [-0.05, 0) is 82.1 Å². The van der Waals surface area contributed by atoms with Crippen molar-refractivity contribution in [1.82, 2.24) is 15.6 Å². The molecule has 0 bridgehead atoms. The molecule has 412 valence electrons. The summed E-state index contributed by atoms with van der Waals surface area (Å²) in [5.74, 6) is -1.81. The number of esters is 2. The molecule has 0 aromatic carbocycles. The van der Waals surface area contributed by atoms with Gasteiger partial charge in [0.05, 0.1) is 49.7 Å². The van der Waals surface area contributed by atoms with E-state index >= 15 is 0 Å². The molecule has 6 unspecified atom stereocenters. The number of rotatable bonds is 40. The highest BCUT2D eigenvalue weighted by molar-refractivity contribution is 8.77. The first kappa shape index (κ1) is 69.3. The van der Waals surface area contributed by atoms with Gasteiger partial charge in [0.25, 0.3) is 5.69 Å². The number of hydrogen-bond acceptors (Lipinski definition) is 22. The number of ether oxygens (including phenoxy) is 8. The average Bonchev–Trinajstić information content (AvgIpc) is 3.36. The van der Waals surface area contributed by atoms with E-state index in [9.17, 15) is 34.4 Å². The summed E-state index contributed by atoms with van der Waals surface area (Å²) in [5, 5.41) is 61.5. The molecule has 0 saturated heterocycles. The first-order valence-electron chi connectivity index (χ1n) is 23.5. The Labute approximate surface area is 426 Å². The van der Waals surface area contributed by atoms with Crippen molar-refractivity contribution in [2.75, 3.05) is 74.1 Å². The van der Waals surface area contributed by atoms with Gasteiger partial charge in [-0.2, -0.15) is 0 Å². The number of pyridine rings is 1. The van der Waals surface area contributed by atoms with Gasteiger partial charge in [-0.15, -0.1) is 0 Å². The van der Waals surface area contributed by atoms with Crippen LogP contribution in [0.3, 0.4) is 0 Å². The molecule has 0 saturated carbocycles. The van der Waals surface area contributed by atoms with E-state index in [1.54, 1.807) is 16.9 Å². The number of aliphatic hydroxyl groups is 4. The van der Waals surface area contributed by atoms with Crippen molar-refractivity contribution < 1.29 is 87.5 Å². The van der Waals surface area contributed by atoms with E-state index in [0.717, 1.165) is 12.1 Å². The molecule has 71 heavy (non-hydrogen) atoms. The second kappa shape index (κ2) is 43.8. The lowest BCUT2D eigenvalue weighted by molar-refractivity contribution is -0.385. The number of carboxylic acid groups (broad SMARTS) is 1. The van der Waals surface area contributed by atoms with Crippen LogP contribution in [0, 0.1) is 10.1 Å². The monoisotopic (exact) mass is 1060 g/mol. The number of aliphatic hydroxyl groups excluding tert-OH is 4. The third kappa shape index (κ3) is 38.5. The van der Waals surface area contributed by atoms with E-state index < -0.39 is 35.7 Å². The Balaban J connectivity index is 0. The number of amides is 1. The van der Waals surface area contributed by atoms with E-state index in [-0.39, 0.29) is 106 Å². The van der Waals surface area contributed by atoms with Crippen molar-refractivity contribution in [2.45, 2.75) is 159 Å². The van der Waals surface area contributed by atoms with Crippen LogP contribution in [0.5, 0.6) is 0 Å². The van der Waals surface area contributed by atoms with E-state index in [1.165, 1.54) is 44.4 Å². The second-order valence-corrected chi connectivity index (χ2v) is 18.8. The number of nitrogens with one attached hydrogen (secondary N) is 2. The fourth-order valence-electron chi connectivity index (χ4n) is 5.14. The third-order valence-corrected chi connectivity index (χ3v) is 12.9. The number of carbonyl (C=O) groups excluding carboxylic acids is 3. The number of aromatic nitrogens is 1. The fourth-order valence-corrected chi connectivity index (χ4v) is 7.34. The van der Waals surface area contributed by atoms with Gasteiger partial charge in [0.15, 0.2) is 18.9 Å². The Bertz CT molecular complexity index is 1560. The number of nitro groups is 1. The van der Waals surface area contributed by atoms with Gasteiger partial charge >= 0.3 is 17.9 Å². The summed E-state index contributed by atoms with van der Waals surface area (Å²) in [5.41, 5.74) is 0.770. The molecule has 1 aromatic rings. The van der Waals surface area contributed by atoms with Crippen molar-refractivity contribution in [1.29, 1.82) is 0 Å². The molecule has 6 atom stereocenters. The normalized spacial score (nSPS) is 13.6. The molecule has 0 radical (unpaired) electrons.